The van der Waals surface area contributed by atoms with E-state index in [9.17, 15) is 13.2 Å². The number of rotatable bonds is 15. The van der Waals surface area contributed by atoms with Crippen LogP contribution in [0, 0.1) is 0 Å². The van der Waals surface area contributed by atoms with Gasteiger partial charge in [-0.25, -0.2) is 8.42 Å². The molecule has 0 bridgehead atoms. The zero-order chi connectivity index (χ0) is 16.7. The van der Waals surface area contributed by atoms with Crippen LogP contribution in [0.3, 0.4) is 0 Å². The first-order chi connectivity index (χ1) is 10.5. The number of hydrogen-bond donors (Lipinski definition) is 0. The average Bonchev–Trinajstić information content (AvgIpc) is 2.47. The van der Waals surface area contributed by atoms with E-state index < -0.39 is 15.8 Å². The predicted octanol–water partition coefficient (Wildman–Crippen LogP) is 4.28. The smallest absolute Gasteiger partial charge is 0.306 e. The van der Waals surface area contributed by atoms with Crippen molar-refractivity contribution in [3.05, 3.63) is 0 Å². The first kappa shape index (κ1) is 21.4. The van der Waals surface area contributed by atoms with Crippen LogP contribution in [0.5, 0.6) is 0 Å². The summed E-state index contributed by atoms with van der Waals surface area (Å²) in [7, 11) is -3.10. The van der Waals surface area contributed by atoms with Crippen LogP contribution in [0.25, 0.3) is 0 Å². The second kappa shape index (κ2) is 14.0. The Morgan fingerprint density at radius 1 is 0.773 bits per heavy atom. The monoisotopic (exact) mass is 334 g/mol. The van der Waals surface area contributed by atoms with Crippen LogP contribution in [0.4, 0.5) is 0 Å². The van der Waals surface area contributed by atoms with E-state index in [1.54, 1.807) is 6.92 Å². The summed E-state index contributed by atoms with van der Waals surface area (Å²) in [6.45, 7) is 4.24. The summed E-state index contributed by atoms with van der Waals surface area (Å²) in [5.41, 5.74) is 0. The highest BCUT2D eigenvalue weighted by molar-refractivity contribution is 7.91. The van der Waals surface area contributed by atoms with Gasteiger partial charge in [-0.05, 0) is 13.3 Å². The normalized spacial score (nSPS) is 11.5. The molecule has 0 atom stereocenters. The molecule has 0 aliphatic heterocycles. The van der Waals surface area contributed by atoms with E-state index in [1.807, 2.05) is 0 Å². The largest absolute Gasteiger partial charge is 0.466 e. The van der Waals surface area contributed by atoms with Crippen molar-refractivity contribution < 1.29 is 17.9 Å². The van der Waals surface area contributed by atoms with E-state index in [1.165, 1.54) is 44.9 Å². The summed E-state index contributed by atoms with van der Waals surface area (Å²) in [6, 6.07) is 0. The molecule has 0 saturated carbocycles. The van der Waals surface area contributed by atoms with E-state index in [-0.39, 0.29) is 17.9 Å². The van der Waals surface area contributed by atoms with Gasteiger partial charge in [0.2, 0.25) is 0 Å². The van der Waals surface area contributed by atoms with Crippen LogP contribution in [0.15, 0.2) is 0 Å². The van der Waals surface area contributed by atoms with Crippen molar-refractivity contribution in [1.29, 1.82) is 0 Å². The molecule has 0 fully saturated rings. The molecule has 0 aromatic rings. The number of esters is 1. The molecular formula is C17H34O4S. The molecule has 0 spiro atoms. The summed E-state index contributed by atoms with van der Waals surface area (Å²) in [4.78, 5) is 11.1. The molecule has 0 aromatic heterocycles. The van der Waals surface area contributed by atoms with Crippen LogP contribution >= 0.6 is 0 Å². The van der Waals surface area contributed by atoms with Gasteiger partial charge >= 0.3 is 5.97 Å². The summed E-state index contributed by atoms with van der Waals surface area (Å²) < 4.78 is 28.3. The van der Waals surface area contributed by atoms with Gasteiger partial charge < -0.3 is 4.74 Å². The van der Waals surface area contributed by atoms with Gasteiger partial charge in [-0.2, -0.15) is 0 Å². The molecule has 132 valence electrons. The van der Waals surface area contributed by atoms with E-state index in [4.69, 9.17) is 4.74 Å². The molecule has 0 heterocycles. The lowest BCUT2D eigenvalue weighted by Crippen LogP contribution is -2.16. The Bertz CT molecular complexity index is 363. The maximum atomic E-state index is 11.8. The Morgan fingerprint density at radius 3 is 1.77 bits per heavy atom. The lowest BCUT2D eigenvalue weighted by atomic mass is 10.1. The highest BCUT2D eigenvalue weighted by Crippen LogP contribution is 2.11. The lowest BCUT2D eigenvalue weighted by Gasteiger charge is -2.05. The third kappa shape index (κ3) is 14.4. The van der Waals surface area contributed by atoms with Crippen molar-refractivity contribution in [3.8, 4) is 0 Å². The first-order valence-electron chi connectivity index (χ1n) is 8.88. The van der Waals surface area contributed by atoms with Gasteiger partial charge in [0.05, 0.1) is 24.5 Å². The fourth-order valence-corrected chi connectivity index (χ4v) is 3.71. The molecule has 0 radical (unpaired) electrons. The Hall–Kier alpha value is -0.580. The van der Waals surface area contributed by atoms with Gasteiger partial charge in [0.25, 0.3) is 0 Å². The third-order valence-electron chi connectivity index (χ3n) is 3.73. The van der Waals surface area contributed by atoms with Crippen LogP contribution in [-0.2, 0) is 19.4 Å². The SMILES string of the molecule is CCCCCCCCCCCCS(=O)(=O)CCC(=O)OCC. The second-order valence-corrected chi connectivity index (χ2v) is 8.19. The number of hydrogen-bond acceptors (Lipinski definition) is 4. The Labute approximate surface area is 136 Å². The topological polar surface area (TPSA) is 60.4 Å². The maximum Gasteiger partial charge on any atom is 0.306 e. The van der Waals surface area contributed by atoms with E-state index in [0.717, 1.165) is 12.8 Å². The van der Waals surface area contributed by atoms with Gasteiger partial charge in [0.1, 0.15) is 0 Å². The summed E-state index contributed by atoms with van der Waals surface area (Å²) in [6.07, 6.45) is 11.8. The zero-order valence-corrected chi connectivity index (χ0v) is 15.3. The molecule has 4 nitrogen and oxygen atoms in total. The standard InChI is InChI=1S/C17H34O4S/c1-3-5-6-7-8-9-10-11-12-13-15-22(19,20)16-14-17(18)21-4-2/h3-16H2,1-2H3. The zero-order valence-electron chi connectivity index (χ0n) is 14.4. The van der Waals surface area contributed by atoms with Crippen molar-refractivity contribution in [2.75, 3.05) is 18.1 Å². The molecule has 0 aromatic carbocycles. The van der Waals surface area contributed by atoms with Gasteiger partial charge in [0.15, 0.2) is 9.84 Å². The Morgan fingerprint density at radius 2 is 1.27 bits per heavy atom. The lowest BCUT2D eigenvalue weighted by molar-refractivity contribution is -0.142. The van der Waals surface area contributed by atoms with Gasteiger partial charge in [-0.3, -0.25) is 4.79 Å². The number of ether oxygens (including phenoxy) is 1. The first-order valence-corrected chi connectivity index (χ1v) is 10.7. The number of unbranched alkanes of at least 4 members (excludes halogenated alkanes) is 9. The Kier molecular flexibility index (Phi) is 13.7. The van der Waals surface area contributed by atoms with Gasteiger partial charge in [-0.1, -0.05) is 64.7 Å². The fourth-order valence-electron chi connectivity index (χ4n) is 2.38. The quantitative estimate of drug-likeness (QED) is 0.331. The molecule has 0 aliphatic carbocycles. The van der Waals surface area contributed by atoms with Crippen molar-refractivity contribution in [2.24, 2.45) is 0 Å². The predicted molar refractivity (Wildman–Crippen MR) is 91.7 cm³/mol. The van der Waals surface area contributed by atoms with Crippen molar-refractivity contribution in [2.45, 2.75) is 84.5 Å². The van der Waals surface area contributed by atoms with Gasteiger partial charge in [0, 0.05) is 0 Å². The Balaban J connectivity index is 3.47. The maximum absolute atomic E-state index is 11.8. The van der Waals surface area contributed by atoms with E-state index in [0.29, 0.717) is 13.0 Å². The number of carbonyl (C=O) groups excluding carboxylic acids is 1. The van der Waals surface area contributed by atoms with Crippen molar-refractivity contribution in [3.63, 3.8) is 0 Å². The summed E-state index contributed by atoms with van der Waals surface area (Å²) in [5, 5.41) is 0. The summed E-state index contributed by atoms with van der Waals surface area (Å²) >= 11 is 0. The minimum Gasteiger partial charge on any atom is -0.466 e. The van der Waals surface area contributed by atoms with Crippen LogP contribution in [0.1, 0.15) is 84.5 Å². The highest BCUT2D eigenvalue weighted by Gasteiger charge is 2.13. The van der Waals surface area contributed by atoms with Crippen molar-refractivity contribution >= 4 is 15.8 Å². The van der Waals surface area contributed by atoms with Crippen LogP contribution in [0.2, 0.25) is 0 Å². The molecule has 0 amide bonds. The average molecular weight is 335 g/mol. The third-order valence-corrected chi connectivity index (χ3v) is 5.47. The van der Waals surface area contributed by atoms with Crippen LogP contribution in [-0.4, -0.2) is 32.5 Å². The van der Waals surface area contributed by atoms with Gasteiger partial charge in [-0.15, -0.1) is 0 Å². The molecule has 0 rings (SSSR count). The molecule has 0 saturated heterocycles. The molecule has 0 unspecified atom stereocenters. The highest BCUT2D eigenvalue weighted by atomic mass is 32.2. The second-order valence-electron chi connectivity index (χ2n) is 5.89. The fraction of sp³-hybridized carbons (Fsp3) is 0.941. The molecule has 22 heavy (non-hydrogen) atoms. The number of sulfone groups is 1. The van der Waals surface area contributed by atoms with E-state index >= 15 is 0 Å². The minimum atomic E-state index is -3.10. The molecule has 0 aliphatic rings. The van der Waals surface area contributed by atoms with Crippen molar-refractivity contribution in [1.82, 2.24) is 0 Å². The molecular weight excluding hydrogens is 300 g/mol. The minimum absolute atomic E-state index is 0.0199. The van der Waals surface area contributed by atoms with Crippen LogP contribution < -0.4 is 0 Å². The number of carbonyl (C=O) groups is 1. The summed E-state index contributed by atoms with van der Waals surface area (Å²) in [5.74, 6) is -0.305. The molecule has 5 heteroatoms. The van der Waals surface area contributed by atoms with E-state index in [2.05, 4.69) is 6.92 Å². The molecule has 0 N–H and O–H groups in total.